The molecule has 1 aliphatic heterocycles. The van der Waals surface area contributed by atoms with Crippen molar-refractivity contribution < 1.29 is 9.53 Å². The number of carbonyl (C=O) groups is 1. The van der Waals surface area contributed by atoms with Gasteiger partial charge in [0.15, 0.2) is 0 Å². The lowest BCUT2D eigenvalue weighted by atomic mass is 10.1. The molecule has 0 radical (unpaired) electrons. The first-order chi connectivity index (χ1) is 10.2. The van der Waals surface area contributed by atoms with Gasteiger partial charge in [0.25, 0.3) is 0 Å². The zero-order valence-corrected chi connectivity index (χ0v) is 12.2. The second-order valence-corrected chi connectivity index (χ2v) is 4.90. The summed E-state index contributed by atoms with van der Waals surface area (Å²) in [4.78, 5) is 12.0. The first-order valence-electron chi connectivity index (χ1n) is 7.25. The highest BCUT2D eigenvalue weighted by Crippen LogP contribution is 2.19. The number of rotatable bonds is 6. The minimum atomic E-state index is -0.591. The highest BCUT2D eigenvalue weighted by molar-refractivity contribution is 6.03. The van der Waals surface area contributed by atoms with Crippen LogP contribution in [0.4, 0.5) is 5.69 Å². The number of esters is 1. The van der Waals surface area contributed by atoms with Crippen molar-refractivity contribution in [2.45, 2.75) is 26.2 Å². The first-order valence-corrected chi connectivity index (χ1v) is 7.25. The van der Waals surface area contributed by atoms with Crippen LogP contribution >= 0.6 is 0 Å². The highest BCUT2D eigenvalue weighted by Gasteiger charge is 2.25. The quantitative estimate of drug-likeness (QED) is 0.645. The molecule has 1 aromatic rings. The summed E-state index contributed by atoms with van der Waals surface area (Å²) < 4.78 is 5.23. The summed E-state index contributed by atoms with van der Waals surface area (Å²) in [5.74, 6) is -0.676. The smallest absolute Gasteiger partial charge is 0.320 e. The molecule has 0 aliphatic carbocycles. The van der Waals surface area contributed by atoms with Gasteiger partial charge >= 0.3 is 5.97 Å². The van der Waals surface area contributed by atoms with Crippen LogP contribution in [0.15, 0.2) is 47.7 Å². The van der Waals surface area contributed by atoms with Gasteiger partial charge in [-0.25, -0.2) is 5.01 Å². The van der Waals surface area contributed by atoms with E-state index >= 15 is 0 Å². The topological polar surface area (TPSA) is 67.9 Å². The largest absolute Gasteiger partial charge is 0.465 e. The summed E-state index contributed by atoms with van der Waals surface area (Å²) in [6.07, 6.45) is 6.49. The van der Waals surface area contributed by atoms with Crippen molar-refractivity contribution in [2.75, 3.05) is 11.6 Å². The van der Waals surface area contributed by atoms with Gasteiger partial charge in [0.2, 0.25) is 0 Å². The number of hydrogen-bond acceptors (Lipinski definition) is 5. The molecular formula is C16H21N3O2. The summed E-state index contributed by atoms with van der Waals surface area (Å²) in [6, 6.07) is 9.61. The van der Waals surface area contributed by atoms with Crippen LogP contribution < -0.4 is 10.7 Å². The molecule has 0 aromatic heterocycles. The minimum absolute atomic E-state index is 0.252. The van der Waals surface area contributed by atoms with E-state index in [0.717, 1.165) is 24.9 Å². The van der Waals surface area contributed by atoms with E-state index in [1.54, 1.807) is 17.3 Å². The number of unbranched alkanes of at least 4 members (excludes halogenated alkanes) is 2. The van der Waals surface area contributed by atoms with Crippen LogP contribution in [0.3, 0.4) is 0 Å². The maximum atomic E-state index is 12.0. The fourth-order valence-electron chi connectivity index (χ4n) is 2.02. The maximum Gasteiger partial charge on any atom is 0.320 e. The van der Waals surface area contributed by atoms with E-state index in [1.165, 1.54) is 0 Å². The zero-order valence-electron chi connectivity index (χ0n) is 12.2. The Bertz CT molecular complexity index is 526. The Kier molecular flexibility index (Phi) is 5.37. The number of nitrogens with zero attached hydrogens (tertiary/aromatic N) is 2. The number of hydrogen-bond donors (Lipinski definition) is 1. The van der Waals surface area contributed by atoms with Gasteiger partial charge in [0, 0.05) is 6.20 Å². The van der Waals surface area contributed by atoms with E-state index in [4.69, 9.17) is 10.5 Å². The molecule has 21 heavy (non-hydrogen) atoms. The van der Waals surface area contributed by atoms with Crippen LogP contribution in [0.25, 0.3) is 0 Å². The highest BCUT2D eigenvalue weighted by atomic mass is 16.5. The van der Waals surface area contributed by atoms with Crippen LogP contribution in [0.2, 0.25) is 0 Å². The number of nitrogens with two attached hydrogens (primary N) is 1. The molecule has 5 nitrogen and oxygen atoms in total. The summed E-state index contributed by atoms with van der Waals surface area (Å²) in [6.45, 7) is 2.54. The van der Waals surface area contributed by atoms with Crippen molar-refractivity contribution in [2.24, 2.45) is 16.8 Å². The number of carbonyl (C=O) groups excluding carboxylic acids is 1. The Morgan fingerprint density at radius 3 is 2.76 bits per heavy atom. The summed E-state index contributed by atoms with van der Waals surface area (Å²) in [5.41, 5.74) is 6.79. The Balaban J connectivity index is 1.94. The monoisotopic (exact) mass is 287 g/mol. The van der Waals surface area contributed by atoms with Crippen LogP contribution in [-0.2, 0) is 9.53 Å². The van der Waals surface area contributed by atoms with Gasteiger partial charge < -0.3 is 10.5 Å². The van der Waals surface area contributed by atoms with Crippen LogP contribution in [0.1, 0.15) is 26.2 Å². The van der Waals surface area contributed by atoms with Crippen molar-refractivity contribution in [3.63, 3.8) is 0 Å². The van der Waals surface area contributed by atoms with Gasteiger partial charge in [0.1, 0.15) is 11.8 Å². The van der Waals surface area contributed by atoms with Gasteiger partial charge in [-0.15, -0.1) is 0 Å². The molecule has 1 heterocycles. The van der Waals surface area contributed by atoms with Gasteiger partial charge in [-0.2, -0.15) is 5.10 Å². The molecular weight excluding hydrogens is 266 g/mol. The lowest BCUT2D eigenvalue weighted by molar-refractivity contribution is -0.144. The number of amidine groups is 1. The molecule has 0 spiro atoms. The first kappa shape index (κ1) is 15.1. The third kappa shape index (κ3) is 4.08. The molecule has 2 rings (SSSR count). The number of anilines is 1. The normalized spacial score (nSPS) is 17.5. The predicted molar refractivity (Wildman–Crippen MR) is 83.7 cm³/mol. The summed E-state index contributed by atoms with van der Waals surface area (Å²) in [7, 11) is 0. The average molecular weight is 287 g/mol. The van der Waals surface area contributed by atoms with Crippen LogP contribution in [0, 0.1) is 5.92 Å². The van der Waals surface area contributed by atoms with E-state index in [1.807, 2.05) is 30.3 Å². The van der Waals surface area contributed by atoms with Gasteiger partial charge in [-0.1, -0.05) is 38.0 Å². The fourth-order valence-corrected chi connectivity index (χ4v) is 2.02. The number of hydrazone groups is 1. The predicted octanol–water partition coefficient (Wildman–Crippen LogP) is 2.64. The molecule has 5 heteroatoms. The Hall–Kier alpha value is -2.30. The molecule has 1 aromatic carbocycles. The van der Waals surface area contributed by atoms with E-state index in [-0.39, 0.29) is 11.8 Å². The van der Waals surface area contributed by atoms with E-state index in [2.05, 4.69) is 12.0 Å². The van der Waals surface area contributed by atoms with E-state index in [9.17, 15) is 4.79 Å². The van der Waals surface area contributed by atoms with Gasteiger partial charge in [-0.3, -0.25) is 4.79 Å². The average Bonchev–Trinajstić information content (AvgIpc) is 2.52. The lowest BCUT2D eigenvalue weighted by Gasteiger charge is -2.22. The summed E-state index contributed by atoms with van der Waals surface area (Å²) >= 11 is 0. The van der Waals surface area contributed by atoms with Gasteiger partial charge in [0.05, 0.1) is 12.3 Å². The molecule has 1 aliphatic rings. The second kappa shape index (κ2) is 7.47. The van der Waals surface area contributed by atoms with E-state index < -0.39 is 5.92 Å². The third-order valence-electron chi connectivity index (χ3n) is 3.23. The van der Waals surface area contributed by atoms with Crippen molar-refractivity contribution in [3.05, 3.63) is 42.6 Å². The molecule has 0 fully saturated rings. The van der Waals surface area contributed by atoms with Crippen LogP contribution in [0.5, 0.6) is 0 Å². The van der Waals surface area contributed by atoms with Crippen molar-refractivity contribution in [3.8, 4) is 0 Å². The zero-order chi connectivity index (χ0) is 15.1. The van der Waals surface area contributed by atoms with Crippen molar-refractivity contribution >= 4 is 17.5 Å². The third-order valence-corrected chi connectivity index (χ3v) is 3.23. The van der Waals surface area contributed by atoms with Crippen molar-refractivity contribution in [1.29, 1.82) is 0 Å². The van der Waals surface area contributed by atoms with Crippen LogP contribution in [-0.4, -0.2) is 18.4 Å². The minimum Gasteiger partial charge on any atom is -0.465 e. The molecule has 0 saturated heterocycles. The molecule has 0 amide bonds. The molecule has 1 unspecified atom stereocenters. The second-order valence-electron chi connectivity index (χ2n) is 4.90. The molecule has 0 bridgehead atoms. The Morgan fingerprint density at radius 1 is 1.33 bits per heavy atom. The molecule has 112 valence electrons. The van der Waals surface area contributed by atoms with E-state index in [0.29, 0.717) is 6.61 Å². The standard InChI is InChI=1S/C16H21N3O2/c1-2-3-7-12-21-16(20)14-10-11-19(18-15(14)17)13-8-5-4-6-9-13/h4-6,8-11,14H,2-3,7,12H2,1H3,(H2,17,18). The molecule has 1 atom stereocenters. The maximum absolute atomic E-state index is 12.0. The molecule has 2 N–H and O–H groups in total. The summed E-state index contributed by atoms with van der Waals surface area (Å²) in [5, 5.41) is 5.89. The number of benzene rings is 1. The number of para-hydroxylation sites is 1. The van der Waals surface area contributed by atoms with Gasteiger partial charge in [-0.05, 0) is 24.6 Å². The Morgan fingerprint density at radius 2 is 2.10 bits per heavy atom. The fraction of sp³-hybridized carbons (Fsp3) is 0.375. The molecule has 0 saturated carbocycles. The SMILES string of the molecule is CCCCCOC(=O)C1C=CN(c2ccccc2)N=C1N. The van der Waals surface area contributed by atoms with Crippen molar-refractivity contribution in [1.82, 2.24) is 0 Å². The number of ether oxygens (including phenoxy) is 1. The lowest BCUT2D eigenvalue weighted by Crippen LogP contribution is -2.35. The Labute approximate surface area is 125 Å².